The molecule has 0 aromatic rings. The lowest BCUT2D eigenvalue weighted by Gasteiger charge is -2.38. The largest absolute Gasteiger partial charge is 0.478 e. The van der Waals surface area contributed by atoms with Crippen LogP contribution in [0.25, 0.3) is 0 Å². The highest BCUT2D eigenvalue weighted by atomic mass is 16.5. The second-order valence-corrected chi connectivity index (χ2v) is 4.60. The average Bonchev–Trinajstić information content (AvgIpc) is 2.46. The number of nitrogens with one attached hydrogen (secondary N) is 1. The minimum Gasteiger partial charge on any atom is -0.478 e. The number of aliphatic carboxylic acids is 1. The predicted octanol–water partition coefficient (Wildman–Crippen LogP) is -2.68. The van der Waals surface area contributed by atoms with Crippen LogP contribution in [-0.2, 0) is 14.3 Å². The molecule has 1 aliphatic heterocycles. The van der Waals surface area contributed by atoms with Crippen LogP contribution in [0.1, 0.15) is 13.3 Å². The third-order valence-corrected chi connectivity index (χ3v) is 3.08. The quantitative estimate of drug-likeness (QED) is 0.310. The first-order valence-corrected chi connectivity index (χ1v) is 6.38. The number of aliphatic hydroxyl groups excluding tert-OH is 4. The highest BCUT2D eigenvalue weighted by molar-refractivity contribution is 5.84. The Bertz CT molecular complexity index is 423. The summed E-state index contributed by atoms with van der Waals surface area (Å²) in [6.07, 6.45) is -5.17. The Morgan fingerprint density at radius 3 is 2.52 bits per heavy atom. The number of hydrogen-bond acceptors (Lipinski definition) is 7. The number of amides is 1. The summed E-state index contributed by atoms with van der Waals surface area (Å²) >= 11 is 0. The fourth-order valence-electron chi connectivity index (χ4n) is 1.90. The Morgan fingerprint density at radius 2 is 2.05 bits per heavy atom. The highest BCUT2D eigenvalue weighted by Crippen LogP contribution is 2.23. The zero-order chi connectivity index (χ0) is 16.2. The fourth-order valence-corrected chi connectivity index (χ4v) is 1.90. The summed E-state index contributed by atoms with van der Waals surface area (Å²) in [5.74, 6) is -2.53. The topological polar surface area (TPSA) is 157 Å². The predicted molar refractivity (Wildman–Crippen MR) is 67.9 cm³/mol. The Kier molecular flexibility index (Phi) is 6.09. The standard InChI is InChI=1S/C12H19NO8/c1-2-8(17)13-9-5(15)3-7(12(19)20)21-11(9)10(18)6(16)4-14/h3,5-6,9-11,14-16,18H,2,4H2,1H3,(H,13,17)(H,19,20)/t5-,6?,9+,10?,11+/m0/s1. The van der Waals surface area contributed by atoms with E-state index in [1.54, 1.807) is 6.92 Å². The molecule has 2 unspecified atom stereocenters. The molecule has 9 nitrogen and oxygen atoms in total. The summed E-state index contributed by atoms with van der Waals surface area (Å²) in [5.41, 5.74) is 0. The number of aliphatic hydroxyl groups is 4. The maximum atomic E-state index is 11.4. The molecule has 0 fully saturated rings. The number of carboxylic acid groups (broad SMARTS) is 1. The maximum Gasteiger partial charge on any atom is 0.370 e. The normalized spacial score (nSPS) is 28.0. The van der Waals surface area contributed by atoms with Crippen molar-refractivity contribution in [2.45, 2.75) is 43.8 Å². The van der Waals surface area contributed by atoms with E-state index in [2.05, 4.69) is 5.32 Å². The summed E-state index contributed by atoms with van der Waals surface area (Å²) in [6.45, 7) is 0.773. The molecule has 21 heavy (non-hydrogen) atoms. The first-order chi connectivity index (χ1) is 9.81. The molecule has 0 bridgehead atoms. The summed E-state index contributed by atoms with van der Waals surface area (Å²) in [7, 11) is 0. The van der Waals surface area contributed by atoms with Gasteiger partial charge in [0.1, 0.15) is 18.3 Å². The Labute approximate surface area is 120 Å². The number of rotatable bonds is 6. The molecule has 0 saturated heterocycles. The molecule has 0 aliphatic carbocycles. The van der Waals surface area contributed by atoms with Crippen molar-refractivity contribution in [3.8, 4) is 0 Å². The molecule has 1 rings (SSSR count). The van der Waals surface area contributed by atoms with E-state index in [1.807, 2.05) is 0 Å². The minimum absolute atomic E-state index is 0.101. The van der Waals surface area contributed by atoms with E-state index in [1.165, 1.54) is 0 Å². The van der Waals surface area contributed by atoms with Gasteiger partial charge in [0.05, 0.1) is 12.6 Å². The lowest BCUT2D eigenvalue weighted by Crippen LogP contribution is -2.60. The second-order valence-electron chi connectivity index (χ2n) is 4.60. The minimum atomic E-state index is -1.70. The molecule has 0 aromatic carbocycles. The van der Waals surface area contributed by atoms with Gasteiger partial charge >= 0.3 is 5.97 Å². The molecule has 0 spiro atoms. The number of carbonyl (C=O) groups excluding carboxylic acids is 1. The third-order valence-electron chi connectivity index (χ3n) is 3.08. The van der Waals surface area contributed by atoms with Crippen LogP contribution < -0.4 is 5.32 Å². The van der Waals surface area contributed by atoms with Gasteiger partial charge in [0.2, 0.25) is 11.7 Å². The second kappa shape index (κ2) is 7.36. The maximum absolute atomic E-state index is 11.4. The van der Waals surface area contributed by atoms with Crippen LogP contribution in [0.2, 0.25) is 0 Å². The lowest BCUT2D eigenvalue weighted by molar-refractivity contribution is -0.149. The molecular weight excluding hydrogens is 286 g/mol. The first-order valence-electron chi connectivity index (χ1n) is 6.38. The van der Waals surface area contributed by atoms with E-state index >= 15 is 0 Å². The van der Waals surface area contributed by atoms with Crippen molar-refractivity contribution in [1.82, 2.24) is 5.32 Å². The van der Waals surface area contributed by atoms with Crippen LogP contribution in [0.15, 0.2) is 11.8 Å². The van der Waals surface area contributed by atoms with Crippen LogP contribution >= 0.6 is 0 Å². The van der Waals surface area contributed by atoms with Gasteiger partial charge in [-0.25, -0.2) is 4.79 Å². The van der Waals surface area contributed by atoms with Crippen molar-refractivity contribution in [3.05, 3.63) is 11.8 Å². The Morgan fingerprint density at radius 1 is 1.43 bits per heavy atom. The molecule has 120 valence electrons. The molecular formula is C12H19NO8. The number of ether oxygens (including phenoxy) is 1. The van der Waals surface area contributed by atoms with Crippen molar-refractivity contribution >= 4 is 11.9 Å². The van der Waals surface area contributed by atoms with Gasteiger partial charge in [0.25, 0.3) is 0 Å². The molecule has 1 heterocycles. The first kappa shape index (κ1) is 17.4. The fraction of sp³-hybridized carbons (Fsp3) is 0.667. The van der Waals surface area contributed by atoms with Crippen molar-refractivity contribution in [2.75, 3.05) is 6.61 Å². The van der Waals surface area contributed by atoms with Gasteiger partial charge in [0.15, 0.2) is 6.10 Å². The van der Waals surface area contributed by atoms with E-state index in [0.717, 1.165) is 6.08 Å². The van der Waals surface area contributed by atoms with Crippen LogP contribution in [-0.4, -0.2) is 74.5 Å². The molecule has 1 aliphatic rings. The Balaban J connectivity index is 3.04. The summed E-state index contributed by atoms with van der Waals surface area (Å²) in [6, 6.07) is -1.16. The lowest BCUT2D eigenvalue weighted by atomic mass is 9.93. The molecule has 5 atom stereocenters. The van der Waals surface area contributed by atoms with E-state index in [0.29, 0.717) is 0 Å². The van der Waals surface area contributed by atoms with Crippen LogP contribution in [0.4, 0.5) is 0 Å². The summed E-state index contributed by atoms with van der Waals surface area (Å²) in [4.78, 5) is 22.3. The van der Waals surface area contributed by atoms with Crippen LogP contribution in [0.5, 0.6) is 0 Å². The SMILES string of the molecule is CCC(=O)N[C@@H]1[C@@H](O)C=C(C(=O)O)O[C@H]1C(O)C(O)CO. The molecule has 0 aromatic heterocycles. The van der Waals surface area contributed by atoms with Gasteiger partial charge in [-0.15, -0.1) is 0 Å². The van der Waals surface area contributed by atoms with Gasteiger partial charge in [0, 0.05) is 6.42 Å². The number of carboxylic acids is 1. The van der Waals surface area contributed by atoms with E-state index in [4.69, 9.17) is 14.9 Å². The third kappa shape index (κ3) is 4.14. The molecule has 6 N–H and O–H groups in total. The van der Waals surface area contributed by atoms with Crippen molar-refractivity contribution < 1.29 is 39.9 Å². The summed E-state index contributed by atoms with van der Waals surface area (Å²) in [5, 5.41) is 49.4. The van der Waals surface area contributed by atoms with E-state index in [-0.39, 0.29) is 6.42 Å². The summed E-state index contributed by atoms with van der Waals surface area (Å²) < 4.78 is 5.03. The number of carbonyl (C=O) groups is 2. The van der Waals surface area contributed by atoms with Gasteiger partial charge < -0.3 is 35.6 Å². The average molecular weight is 305 g/mol. The van der Waals surface area contributed by atoms with E-state index < -0.39 is 54.7 Å². The number of hydrogen-bond donors (Lipinski definition) is 6. The zero-order valence-electron chi connectivity index (χ0n) is 11.3. The van der Waals surface area contributed by atoms with Crippen LogP contribution in [0.3, 0.4) is 0 Å². The van der Waals surface area contributed by atoms with Gasteiger partial charge in [-0.3, -0.25) is 4.79 Å². The molecule has 9 heteroatoms. The smallest absolute Gasteiger partial charge is 0.370 e. The van der Waals surface area contributed by atoms with Crippen molar-refractivity contribution in [3.63, 3.8) is 0 Å². The van der Waals surface area contributed by atoms with E-state index in [9.17, 15) is 24.9 Å². The van der Waals surface area contributed by atoms with Crippen molar-refractivity contribution in [2.24, 2.45) is 0 Å². The van der Waals surface area contributed by atoms with Crippen LogP contribution in [0, 0.1) is 0 Å². The highest BCUT2D eigenvalue weighted by Gasteiger charge is 2.43. The van der Waals surface area contributed by atoms with Crippen molar-refractivity contribution in [1.29, 1.82) is 0 Å². The van der Waals surface area contributed by atoms with Gasteiger partial charge in [-0.05, 0) is 6.08 Å². The molecule has 0 saturated carbocycles. The molecule has 0 radical (unpaired) electrons. The Hall–Kier alpha value is -1.68. The molecule has 1 amide bonds. The van der Waals surface area contributed by atoms with Gasteiger partial charge in [-0.1, -0.05) is 6.92 Å². The zero-order valence-corrected chi connectivity index (χ0v) is 11.3. The van der Waals surface area contributed by atoms with Gasteiger partial charge in [-0.2, -0.15) is 0 Å². The monoisotopic (exact) mass is 305 g/mol.